The number of phenols is 2. The van der Waals surface area contributed by atoms with Gasteiger partial charge in [0, 0.05) is 11.1 Å². The molecule has 0 aliphatic rings. The summed E-state index contributed by atoms with van der Waals surface area (Å²) in [6, 6.07) is 13.2. The summed E-state index contributed by atoms with van der Waals surface area (Å²) >= 11 is 0. The number of hydrogen-bond acceptors (Lipinski definition) is 5. The van der Waals surface area contributed by atoms with Gasteiger partial charge in [0.05, 0.1) is 39.4 Å². The second kappa shape index (κ2) is 16.5. The third-order valence-electron chi connectivity index (χ3n) is 5.52. The van der Waals surface area contributed by atoms with Crippen molar-refractivity contribution in [3.63, 3.8) is 0 Å². The zero-order valence-corrected chi connectivity index (χ0v) is 20.8. The lowest BCUT2D eigenvalue weighted by Crippen LogP contribution is -2.50. The van der Waals surface area contributed by atoms with Gasteiger partial charge < -0.3 is 29.0 Å². The van der Waals surface area contributed by atoms with Crippen molar-refractivity contribution in [1.29, 1.82) is 0 Å². The summed E-state index contributed by atoms with van der Waals surface area (Å²) in [5.41, 5.74) is 1.03. The van der Waals surface area contributed by atoms with E-state index in [0.717, 1.165) is 0 Å². The fourth-order valence-electron chi connectivity index (χ4n) is 4.20. The molecule has 6 nitrogen and oxygen atoms in total. The molecule has 0 unspecified atom stereocenters. The van der Waals surface area contributed by atoms with Gasteiger partial charge >= 0.3 is 7.32 Å². The SMILES string of the molecule is CCC[N+](CCC)(CCC)CCC.[O-]B(OCc1ccccc1O)OCc1ccccc1O. The summed E-state index contributed by atoms with van der Waals surface area (Å²) < 4.78 is 11.3. The molecule has 0 bridgehead atoms. The molecular formula is C26H42BNO5. The summed E-state index contributed by atoms with van der Waals surface area (Å²) in [5.74, 6) is 0.140. The van der Waals surface area contributed by atoms with Gasteiger partial charge in [0.1, 0.15) is 11.5 Å². The molecule has 2 aromatic carbocycles. The van der Waals surface area contributed by atoms with E-state index in [4.69, 9.17) is 9.31 Å². The Morgan fingerprint density at radius 2 is 1.00 bits per heavy atom. The lowest BCUT2D eigenvalue weighted by molar-refractivity contribution is -0.928. The fourth-order valence-corrected chi connectivity index (χ4v) is 4.20. The molecule has 2 rings (SSSR count). The highest BCUT2D eigenvalue weighted by Gasteiger charge is 2.22. The molecule has 0 heterocycles. The zero-order valence-electron chi connectivity index (χ0n) is 20.8. The average molecular weight is 459 g/mol. The van der Waals surface area contributed by atoms with Crippen LogP contribution in [0.5, 0.6) is 11.5 Å². The van der Waals surface area contributed by atoms with Gasteiger partial charge in [0.2, 0.25) is 0 Å². The van der Waals surface area contributed by atoms with Crippen LogP contribution in [-0.4, -0.2) is 48.2 Å². The molecule has 2 N–H and O–H groups in total. The van der Waals surface area contributed by atoms with Gasteiger partial charge in [-0.3, -0.25) is 0 Å². The van der Waals surface area contributed by atoms with Gasteiger partial charge in [0.25, 0.3) is 0 Å². The molecular weight excluding hydrogens is 417 g/mol. The van der Waals surface area contributed by atoms with Crippen molar-refractivity contribution in [1.82, 2.24) is 0 Å². The van der Waals surface area contributed by atoms with Gasteiger partial charge in [-0.2, -0.15) is 0 Å². The van der Waals surface area contributed by atoms with Gasteiger partial charge in [-0.1, -0.05) is 64.1 Å². The molecule has 0 spiro atoms. The Bertz CT molecular complexity index is 695. The van der Waals surface area contributed by atoms with E-state index in [1.165, 1.54) is 68.5 Å². The van der Waals surface area contributed by atoms with Crippen LogP contribution in [0.2, 0.25) is 0 Å². The lowest BCUT2D eigenvalue weighted by atomic mass is 10.1. The molecule has 0 aliphatic heterocycles. The summed E-state index contributed by atoms with van der Waals surface area (Å²) in [7, 11) is -1.69. The zero-order chi connectivity index (χ0) is 24.5. The Kier molecular flexibility index (Phi) is 14.5. The molecule has 33 heavy (non-hydrogen) atoms. The Labute approximate surface area is 200 Å². The third kappa shape index (κ3) is 11.1. The second-order valence-corrected chi connectivity index (χ2v) is 8.40. The molecule has 0 aliphatic carbocycles. The van der Waals surface area contributed by atoms with Gasteiger partial charge in [0.15, 0.2) is 0 Å². The van der Waals surface area contributed by atoms with Crippen LogP contribution in [0.3, 0.4) is 0 Å². The third-order valence-corrected chi connectivity index (χ3v) is 5.52. The number of benzene rings is 2. The number of hydrogen-bond donors (Lipinski definition) is 2. The van der Waals surface area contributed by atoms with Crippen molar-refractivity contribution in [2.45, 2.75) is 66.6 Å². The first-order chi connectivity index (χ1) is 15.9. The Hall–Kier alpha value is -2.06. The number of rotatable bonds is 14. The Morgan fingerprint density at radius 1 is 0.667 bits per heavy atom. The predicted octanol–water partition coefficient (Wildman–Crippen LogP) is 4.62. The van der Waals surface area contributed by atoms with Crippen LogP contribution in [0.1, 0.15) is 64.5 Å². The second-order valence-electron chi connectivity index (χ2n) is 8.40. The van der Waals surface area contributed by atoms with E-state index in [2.05, 4.69) is 27.7 Å². The van der Waals surface area contributed by atoms with Crippen molar-refractivity contribution < 1.29 is 29.0 Å². The number of phenolic OH excluding ortho intramolecular Hbond substituents is 2. The molecule has 0 atom stereocenters. The van der Waals surface area contributed by atoms with Crippen LogP contribution in [0.15, 0.2) is 48.5 Å². The van der Waals surface area contributed by atoms with Crippen LogP contribution >= 0.6 is 0 Å². The number of quaternary nitrogens is 1. The number of para-hydroxylation sites is 2. The van der Waals surface area contributed by atoms with Gasteiger partial charge in [-0.25, -0.2) is 0 Å². The first-order valence-electron chi connectivity index (χ1n) is 12.2. The van der Waals surface area contributed by atoms with Crippen LogP contribution < -0.4 is 5.02 Å². The maximum atomic E-state index is 11.5. The molecule has 0 amide bonds. The predicted molar refractivity (Wildman–Crippen MR) is 132 cm³/mol. The van der Waals surface area contributed by atoms with Crippen LogP contribution in [0.25, 0.3) is 0 Å². The topological polar surface area (TPSA) is 82.0 Å². The highest BCUT2D eigenvalue weighted by Crippen LogP contribution is 2.18. The van der Waals surface area contributed by atoms with E-state index >= 15 is 0 Å². The van der Waals surface area contributed by atoms with Gasteiger partial charge in [-0.15, -0.1) is 0 Å². The first kappa shape index (κ1) is 29.0. The molecule has 184 valence electrons. The molecule has 0 saturated heterocycles. The van der Waals surface area contributed by atoms with E-state index in [0.29, 0.717) is 11.1 Å². The maximum Gasteiger partial charge on any atom is 0.345 e. The van der Waals surface area contributed by atoms with E-state index in [-0.39, 0.29) is 24.7 Å². The largest absolute Gasteiger partial charge is 0.832 e. The minimum Gasteiger partial charge on any atom is -0.832 e. The van der Waals surface area contributed by atoms with Crippen LogP contribution in [0, 0.1) is 0 Å². The number of nitrogens with zero attached hydrogens (tertiary/aromatic N) is 1. The number of aromatic hydroxyl groups is 2. The standard InChI is InChI=1S/C14H14BO5.C12H28N/c16-13-7-3-1-5-11(13)9-19-15(18)20-10-12-6-2-4-8-14(12)17;1-5-9-13(10-6-2,11-7-3)12-8-4/h1-8,16-17H,9-10H2;5-12H2,1-4H3/q-1;+1. The summed E-state index contributed by atoms with van der Waals surface area (Å²) in [6.45, 7) is 14.7. The quantitative estimate of drug-likeness (QED) is 0.318. The first-order valence-corrected chi connectivity index (χ1v) is 12.2. The minimum absolute atomic E-state index is 0.0401. The van der Waals surface area contributed by atoms with Crippen LogP contribution in [-0.2, 0) is 22.5 Å². The highest BCUT2D eigenvalue weighted by molar-refractivity contribution is 6.32. The summed E-state index contributed by atoms with van der Waals surface area (Å²) in [6.07, 6.45) is 5.33. The van der Waals surface area contributed by atoms with E-state index in [1.807, 2.05) is 0 Å². The molecule has 0 saturated carbocycles. The monoisotopic (exact) mass is 459 g/mol. The average Bonchev–Trinajstić information content (AvgIpc) is 2.79. The molecule has 0 fully saturated rings. The maximum absolute atomic E-state index is 11.5. The van der Waals surface area contributed by atoms with Crippen molar-refractivity contribution in [2.75, 3.05) is 26.2 Å². The fraction of sp³-hybridized carbons (Fsp3) is 0.538. The van der Waals surface area contributed by atoms with Crippen molar-refractivity contribution in [2.24, 2.45) is 0 Å². The Morgan fingerprint density at radius 3 is 1.30 bits per heavy atom. The summed E-state index contributed by atoms with van der Waals surface area (Å²) in [4.78, 5) is 0. The molecule has 0 aromatic heterocycles. The van der Waals surface area contributed by atoms with E-state index in [9.17, 15) is 15.2 Å². The smallest absolute Gasteiger partial charge is 0.345 e. The molecule has 7 heteroatoms. The molecule has 2 aromatic rings. The van der Waals surface area contributed by atoms with Gasteiger partial charge in [-0.05, 0) is 37.8 Å². The van der Waals surface area contributed by atoms with Crippen molar-refractivity contribution in [3.05, 3.63) is 59.7 Å². The van der Waals surface area contributed by atoms with Crippen molar-refractivity contribution in [3.8, 4) is 11.5 Å². The van der Waals surface area contributed by atoms with Crippen molar-refractivity contribution >= 4 is 7.32 Å². The normalized spacial score (nSPS) is 11.1. The highest BCUT2D eigenvalue weighted by atomic mass is 16.7. The minimum atomic E-state index is -1.69. The van der Waals surface area contributed by atoms with Crippen LogP contribution in [0.4, 0.5) is 0 Å². The van der Waals surface area contributed by atoms with E-state index < -0.39 is 7.32 Å². The Balaban J connectivity index is 0.000000366. The lowest BCUT2D eigenvalue weighted by Gasteiger charge is -2.38. The van der Waals surface area contributed by atoms with E-state index in [1.54, 1.807) is 36.4 Å². The summed E-state index contributed by atoms with van der Waals surface area (Å²) in [5, 5.41) is 30.5. The molecule has 0 radical (unpaired) electrons.